The predicted octanol–water partition coefficient (Wildman–Crippen LogP) is 5.32. The van der Waals surface area contributed by atoms with E-state index < -0.39 is 0 Å². The summed E-state index contributed by atoms with van der Waals surface area (Å²) in [4.78, 5) is 1.22. The van der Waals surface area contributed by atoms with Gasteiger partial charge in [0.05, 0.1) is 16.3 Å². The van der Waals surface area contributed by atoms with Gasteiger partial charge in [0.2, 0.25) is 0 Å². The van der Waals surface area contributed by atoms with Crippen molar-refractivity contribution in [3.05, 3.63) is 52.4 Å². The number of nitrogens with zero attached hydrogens (tertiary/aromatic N) is 1. The van der Waals surface area contributed by atoms with Crippen molar-refractivity contribution in [3.8, 4) is 21.8 Å². The van der Waals surface area contributed by atoms with Crippen LogP contribution in [-0.4, -0.2) is 16.5 Å². The molecular weight excluding hydrogens is 308 g/mol. The van der Waals surface area contributed by atoms with Gasteiger partial charge in [0, 0.05) is 21.9 Å². The van der Waals surface area contributed by atoms with Gasteiger partial charge < -0.3 is 0 Å². The number of thiophene rings is 1. The molecule has 0 aliphatic heterocycles. The average Bonchev–Trinajstić information content (AvgIpc) is 3.09. The lowest BCUT2D eigenvalue weighted by atomic mass is 10.1. The zero-order valence-electron chi connectivity index (χ0n) is 10.9. The van der Waals surface area contributed by atoms with Crippen molar-refractivity contribution < 1.29 is 0 Å². The first kappa shape index (κ1) is 13.7. The van der Waals surface area contributed by atoms with E-state index in [0.29, 0.717) is 0 Å². The van der Waals surface area contributed by atoms with Gasteiger partial charge in [0.25, 0.3) is 0 Å². The molecule has 0 spiro atoms. The van der Waals surface area contributed by atoms with Gasteiger partial charge in [0.15, 0.2) is 0 Å². The third kappa shape index (κ3) is 2.64. The normalized spacial score (nSPS) is 10.9. The molecule has 0 unspecified atom stereocenters. The zero-order valence-corrected chi connectivity index (χ0v) is 13.3. The van der Waals surface area contributed by atoms with Crippen molar-refractivity contribution in [1.82, 2.24) is 10.2 Å². The quantitative estimate of drug-likeness (QED) is 0.704. The third-order valence-electron chi connectivity index (χ3n) is 3.04. The van der Waals surface area contributed by atoms with E-state index >= 15 is 0 Å². The van der Waals surface area contributed by atoms with E-state index in [1.54, 1.807) is 23.1 Å². The van der Waals surface area contributed by atoms with E-state index in [4.69, 9.17) is 11.6 Å². The Labute approximate surface area is 131 Å². The van der Waals surface area contributed by atoms with Crippen LogP contribution in [0.15, 0.2) is 41.8 Å². The number of halogens is 1. The highest BCUT2D eigenvalue weighted by Gasteiger charge is 2.16. The number of aromatic amines is 1. The van der Waals surface area contributed by atoms with Gasteiger partial charge in [-0.25, -0.2) is 0 Å². The van der Waals surface area contributed by atoms with E-state index in [2.05, 4.69) is 34.0 Å². The first-order chi connectivity index (χ1) is 9.79. The summed E-state index contributed by atoms with van der Waals surface area (Å²) in [5.74, 6) is 0.932. The molecule has 0 fully saturated rings. The molecule has 1 aromatic carbocycles. The lowest BCUT2D eigenvalue weighted by Crippen LogP contribution is -1.86. The van der Waals surface area contributed by atoms with Gasteiger partial charge in [0.1, 0.15) is 0 Å². The minimum atomic E-state index is 0.745. The van der Waals surface area contributed by atoms with Gasteiger partial charge in [-0.1, -0.05) is 29.8 Å². The molecule has 102 valence electrons. The summed E-state index contributed by atoms with van der Waals surface area (Å²) in [7, 11) is 0. The van der Waals surface area contributed by atoms with Crippen LogP contribution in [0.1, 0.15) is 5.56 Å². The van der Waals surface area contributed by atoms with Crippen molar-refractivity contribution >= 4 is 34.7 Å². The van der Waals surface area contributed by atoms with Gasteiger partial charge in [-0.05, 0) is 29.8 Å². The molecule has 0 bridgehead atoms. The third-order valence-corrected chi connectivity index (χ3v) is 4.76. The van der Waals surface area contributed by atoms with Crippen LogP contribution >= 0.6 is 34.7 Å². The van der Waals surface area contributed by atoms with Gasteiger partial charge >= 0.3 is 0 Å². The number of hydrogen-bond donors (Lipinski definition) is 1. The van der Waals surface area contributed by atoms with E-state index in [9.17, 15) is 0 Å². The van der Waals surface area contributed by atoms with Crippen LogP contribution in [0, 0.1) is 0 Å². The van der Waals surface area contributed by atoms with Crippen LogP contribution < -0.4 is 0 Å². The van der Waals surface area contributed by atoms with E-state index in [-0.39, 0.29) is 0 Å². The number of rotatable bonds is 4. The highest BCUT2D eigenvalue weighted by Crippen LogP contribution is 2.34. The lowest BCUT2D eigenvalue weighted by molar-refractivity contribution is 1.10. The molecule has 20 heavy (non-hydrogen) atoms. The molecule has 1 N–H and O–H groups in total. The minimum Gasteiger partial charge on any atom is -0.276 e. The van der Waals surface area contributed by atoms with Crippen molar-refractivity contribution in [2.45, 2.75) is 5.75 Å². The highest BCUT2D eigenvalue weighted by atomic mass is 35.5. The Balaban J connectivity index is 2.09. The maximum atomic E-state index is 5.96. The van der Waals surface area contributed by atoms with Gasteiger partial charge in [-0.15, -0.1) is 11.3 Å². The maximum Gasteiger partial charge on any atom is 0.0967 e. The Morgan fingerprint density at radius 3 is 2.70 bits per heavy atom. The van der Waals surface area contributed by atoms with Crippen molar-refractivity contribution in [3.63, 3.8) is 0 Å². The topological polar surface area (TPSA) is 28.7 Å². The maximum absolute atomic E-state index is 5.96. The van der Waals surface area contributed by atoms with Crippen LogP contribution in [0.25, 0.3) is 21.8 Å². The molecule has 0 saturated carbocycles. The summed E-state index contributed by atoms with van der Waals surface area (Å²) in [6.45, 7) is 0. The van der Waals surface area contributed by atoms with Crippen molar-refractivity contribution in [2.75, 3.05) is 6.26 Å². The molecule has 0 radical (unpaired) electrons. The first-order valence-electron chi connectivity index (χ1n) is 6.15. The molecule has 2 heterocycles. The Morgan fingerprint density at radius 1 is 1.25 bits per heavy atom. The number of nitrogens with one attached hydrogen (secondary N) is 1. The summed E-state index contributed by atoms with van der Waals surface area (Å²) in [5, 5.41) is 10.5. The fourth-order valence-electron chi connectivity index (χ4n) is 2.12. The molecule has 3 aromatic rings. The standard InChI is InChI=1S/C15H13ClN2S2/c1-19-9-12-14(10-4-6-11(16)7-5-10)17-18-15(12)13-3-2-8-20-13/h2-8H,9H2,1H3,(H,17,18). The number of H-pyrrole nitrogens is 1. The second kappa shape index (κ2) is 6.04. The Morgan fingerprint density at radius 2 is 2.05 bits per heavy atom. The van der Waals surface area contributed by atoms with Gasteiger partial charge in [-0.3, -0.25) is 5.10 Å². The van der Waals surface area contributed by atoms with E-state index in [1.165, 1.54) is 10.4 Å². The molecule has 5 heteroatoms. The fourth-order valence-corrected chi connectivity index (χ4v) is 3.56. The Kier molecular flexibility index (Phi) is 4.15. The lowest BCUT2D eigenvalue weighted by Gasteiger charge is -2.04. The molecule has 0 aliphatic rings. The average molecular weight is 321 g/mol. The number of thioether (sulfide) groups is 1. The number of hydrogen-bond acceptors (Lipinski definition) is 3. The van der Waals surface area contributed by atoms with Gasteiger partial charge in [-0.2, -0.15) is 16.9 Å². The SMILES string of the molecule is CSCc1c(-c2ccc(Cl)cc2)n[nH]c1-c1cccs1. The molecule has 0 saturated heterocycles. The Hall–Kier alpha value is -1.23. The van der Waals surface area contributed by atoms with E-state index in [1.807, 2.05) is 24.3 Å². The van der Waals surface area contributed by atoms with Crippen LogP contribution in [-0.2, 0) is 5.75 Å². The monoisotopic (exact) mass is 320 g/mol. The van der Waals surface area contributed by atoms with Crippen LogP contribution in [0.4, 0.5) is 0 Å². The van der Waals surface area contributed by atoms with E-state index in [0.717, 1.165) is 27.7 Å². The Bertz CT molecular complexity index is 687. The summed E-state index contributed by atoms with van der Waals surface area (Å²) in [6, 6.07) is 12.0. The molecule has 0 atom stereocenters. The molecule has 3 rings (SSSR count). The summed E-state index contributed by atoms with van der Waals surface area (Å²) in [6.07, 6.45) is 2.11. The van der Waals surface area contributed by atoms with Crippen molar-refractivity contribution in [2.24, 2.45) is 0 Å². The highest BCUT2D eigenvalue weighted by molar-refractivity contribution is 7.97. The minimum absolute atomic E-state index is 0.745. The van der Waals surface area contributed by atoms with Crippen LogP contribution in [0.3, 0.4) is 0 Å². The van der Waals surface area contributed by atoms with Crippen LogP contribution in [0.2, 0.25) is 5.02 Å². The summed E-state index contributed by atoms with van der Waals surface area (Å²) < 4.78 is 0. The van der Waals surface area contributed by atoms with Crippen LogP contribution in [0.5, 0.6) is 0 Å². The second-order valence-corrected chi connectivity index (χ2v) is 6.59. The predicted molar refractivity (Wildman–Crippen MR) is 89.6 cm³/mol. The largest absolute Gasteiger partial charge is 0.276 e. The molecule has 0 aliphatic carbocycles. The second-order valence-electron chi connectivity index (χ2n) is 4.34. The molecule has 0 amide bonds. The fraction of sp³-hybridized carbons (Fsp3) is 0.133. The first-order valence-corrected chi connectivity index (χ1v) is 8.80. The molecule has 2 nitrogen and oxygen atoms in total. The number of aromatic nitrogens is 2. The smallest absolute Gasteiger partial charge is 0.0967 e. The molecular formula is C15H13ClN2S2. The van der Waals surface area contributed by atoms with Crippen molar-refractivity contribution in [1.29, 1.82) is 0 Å². The summed E-state index contributed by atoms with van der Waals surface area (Å²) in [5.41, 5.74) is 4.48. The number of benzene rings is 1. The summed E-state index contributed by atoms with van der Waals surface area (Å²) >= 11 is 9.48. The molecule has 2 aromatic heterocycles. The zero-order chi connectivity index (χ0) is 13.9.